The minimum absolute atomic E-state index is 0.00624. The number of fused-ring (bicyclic) bond motifs is 2. The number of Topliss-reactive ketones (excluding diaryl/α,β-unsaturated/α-hetero) is 1. The first kappa shape index (κ1) is 17.8. The van der Waals surface area contributed by atoms with Crippen LogP contribution in [0.4, 0.5) is 0 Å². The first-order chi connectivity index (χ1) is 12.6. The molecule has 134 valence electrons. The number of benzene rings is 2. The third-order valence-corrected chi connectivity index (χ3v) is 6.20. The summed E-state index contributed by atoms with van der Waals surface area (Å²) in [4.78, 5) is 14.9. The topological polar surface area (TPSA) is 20.3 Å². The summed E-state index contributed by atoms with van der Waals surface area (Å²) in [6.45, 7) is 2.93. The molecule has 4 heteroatoms. The van der Waals surface area contributed by atoms with E-state index in [1.54, 1.807) is 0 Å². The maximum atomic E-state index is 12.4. The number of halogens is 2. The van der Waals surface area contributed by atoms with Crippen LogP contribution in [0.15, 0.2) is 48.5 Å². The zero-order valence-electron chi connectivity index (χ0n) is 14.6. The van der Waals surface area contributed by atoms with Gasteiger partial charge in [0.25, 0.3) is 0 Å². The normalized spacial score (nSPS) is 19.4. The number of nitrogens with zero attached hydrogens (tertiary/aromatic N) is 1. The number of rotatable bonds is 3. The molecule has 0 N–H and O–H groups in total. The Balaban J connectivity index is 1.40. The van der Waals surface area contributed by atoms with Gasteiger partial charge in [-0.05, 0) is 67.4 Å². The molecule has 1 spiro atoms. The molecule has 4 rings (SSSR count). The molecule has 2 aliphatic rings. The van der Waals surface area contributed by atoms with E-state index in [0.717, 1.165) is 53.6 Å². The Bertz CT molecular complexity index is 849. The van der Waals surface area contributed by atoms with Crippen molar-refractivity contribution in [2.45, 2.75) is 24.7 Å². The fraction of sp³-hybridized carbons (Fsp3) is 0.318. The molecule has 0 atom stereocenters. The standard InChI is InChI=1S/C22H21Cl2NO/c23-17-5-3-16(4-6-17)2-1-11-25-12-9-22(10-13-25)15-21(26)19-8-7-18(24)14-20(19)22/h1-8,14H,9-13,15H2. The minimum atomic E-state index is -0.00624. The number of carbonyl (C=O) groups excluding carboxylic acids is 1. The highest BCUT2D eigenvalue weighted by Gasteiger charge is 2.44. The third kappa shape index (κ3) is 3.46. The van der Waals surface area contributed by atoms with Gasteiger partial charge in [0.2, 0.25) is 0 Å². The van der Waals surface area contributed by atoms with Crippen molar-refractivity contribution in [3.05, 3.63) is 75.3 Å². The molecule has 1 fully saturated rings. The summed E-state index contributed by atoms with van der Waals surface area (Å²) in [6, 6.07) is 13.6. The predicted octanol–water partition coefficient (Wildman–Crippen LogP) is 5.63. The van der Waals surface area contributed by atoms with Crippen molar-refractivity contribution < 1.29 is 4.79 Å². The fourth-order valence-corrected chi connectivity index (χ4v) is 4.52. The molecule has 2 aromatic carbocycles. The lowest BCUT2D eigenvalue weighted by Crippen LogP contribution is -2.41. The van der Waals surface area contributed by atoms with Gasteiger partial charge < -0.3 is 0 Å². The van der Waals surface area contributed by atoms with Crippen LogP contribution in [0.5, 0.6) is 0 Å². The number of ketones is 1. The molecule has 1 aliphatic carbocycles. The lowest BCUT2D eigenvalue weighted by molar-refractivity contribution is 0.0941. The molecular weight excluding hydrogens is 365 g/mol. The van der Waals surface area contributed by atoms with E-state index in [0.29, 0.717) is 6.42 Å². The van der Waals surface area contributed by atoms with Crippen molar-refractivity contribution in [3.8, 4) is 0 Å². The molecule has 0 aromatic heterocycles. The Morgan fingerprint density at radius 3 is 2.42 bits per heavy atom. The molecule has 0 saturated carbocycles. The van der Waals surface area contributed by atoms with Gasteiger partial charge in [-0.2, -0.15) is 0 Å². The second-order valence-corrected chi connectivity index (χ2v) is 8.20. The Morgan fingerprint density at radius 1 is 1.00 bits per heavy atom. The van der Waals surface area contributed by atoms with E-state index >= 15 is 0 Å². The van der Waals surface area contributed by atoms with Crippen LogP contribution >= 0.6 is 23.2 Å². The fourth-order valence-electron chi connectivity index (χ4n) is 4.22. The SMILES string of the molecule is O=C1CC2(CCN(CC=Cc3ccc(Cl)cc3)CC2)c2cc(Cl)ccc21. The summed E-state index contributed by atoms with van der Waals surface area (Å²) in [7, 11) is 0. The highest BCUT2D eigenvalue weighted by molar-refractivity contribution is 6.31. The van der Waals surface area contributed by atoms with Gasteiger partial charge in [0.05, 0.1) is 0 Å². The number of likely N-dealkylation sites (tertiary alicyclic amines) is 1. The van der Waals surface area contributed by atoms with Crippen LogP contribution in [-0.2, 0) is 5.41 Å². The van der Waals surface area contributed by atoms with Gasteiger partial charge in [-0.3, -0.25) is 9.69 Å². The van der Waals surface area contributed by atoms with Crippen molar-refractivity contribution in [3.63, 3.8) is 0 Å². The molecule has 1 aliphatic heterocycles. The largest absolute Gasteiger partial charge is 0.300 e. The Labute approximate surface area is 164 Å². The van der Waals surface area contributed by atoms with E-state index in [1.807, 2.05) is 42.5 Å². The van der Waals surface area contributed by atoms with Gasteiger partial charge in [-0.15, -0.1) is 0 Å². The predicted molar refractivity (Wildman–Crippen MR) is 108 cm³/mol. The number of piperidine rings is 1. The maximum Gasteiger partial charge on any atom is 0.164 e. The molecule has 1 heterocycles. The van der Waals surface area contributed by atoms with Gasteiger partial charge in [-0.25, -0.2) is 0 Å². The number of carbonyl (C=O) groups is 1. The second-order valence-electron chi connectivity index (χ2n) is 7.32. The zero-order chi connectivity index (χ0) is 18.1. The molecule has 1 saturated heterocycles. The molecule has 0 radical (unpaired) electrons. The summed E-state index contributed by atoms with van der Waals surface area (Å²) in [5, 5.41) is 1.49. The van der Waals surface area contributed by atoms with E-state index < -0.39 is 0 Å². The second kappa shape index (κ2) is 7.19. The Kier molecular flexibility index (Phi) is 4.92. The van der Waals surface area contributed by atoms with Crippen LogP contribution in [0, 0.1) is 0 Å². The van der Waals surface area contributed by atoms with Gasteiger partial charge >= 0.3 is 0 Å². The summed E-state index contributed by atoms with van der Waals surface area (Å²) in [5.74, 6) is 0.271. The molecule has 0 amide bonds. The lowest BCUT2D eigenvalue weighted by Gasteiger charge is -2.39. The van der Waals surface area contributed by atoms with Crippen molar-refractivity contribution in [1.82, 2.24) is 4.90 Å². The average molecular weight is 386 g/mol. The van der Waals surface area contributed by atoms with Crippen LogP contribution in [0.1, 0.15) is 40.7 Å². The molecular formula is C22H21Cl2NO. The monoisotopic (exact) mass is 385 g/mol. The van der Waals surface area contributed by atoms with E-state index in [4.69, 9.17) is 23.2 Å². The highest BCUT2D eigenvalue weighted by Crippen LogP contribution is 2.46. The van der Waals surface area contributed by atoms with E-state index in [-0.39, 0.29) is 11.2 Å². The smallest absolute Gasteiger partial charge is 0.164 e. The lowest BCUT2D eigenvalue weighted by atomic mass is 9.74. The van der Waals surface area contributed by atoms with Gasteiger partial charge in [0.1, 0.15) is 0 Å². The Morgan fingerprint density at radius 2 is 1.69 bits per heavy atom. The van der Waals surface area contributed by atoms with Crippen LogP contribution < -0.4 is 0 Å². The first-order valence-corrected chi connectivity index (χ1v) is 9.79. The first-order valence-electron chi connectivity index (χ1n) is 9.03. The zero-order valence-corrected chi connectivity index (χ0v) is 16.1. The summed E-state index contributed by atoms with van der Waals surface area (Å²) in [6.07, 6.45) is 7.00. The third-order valence-electron chi connectivity index (χ3n) is 5.71. The highest BCUT2D eigenvalue weighted by atomic mass is 35.5. The summed E-state index contributed by atoms with van der Waals surface area (Å²) >= 11 is 12.1. The van der Waals surface area contributed by atoms with Gasteiger partial charge in [0, 0.05) is 34.0 Å². The van der Waals surface area contributed by atoms with Gasteiger partial charge in [0.15, 0.2) is 5.78 Å². The van der Waals surface area contributed by atoms with Crippen molar-refractivity contribution in [2.75, 3.05) is 19.6 Å². The molecule has 0 unspecified atom stereocenters. The van der Waals surface area contributed by atoms with Crippen LogP contribution in [0.25, 0.3) is 6.08 Å². The summed E-state index contributed by atoms with van der Waals surface area (Å²) < 4.78 is 0. The molecule has 26 heavy (non-hydrogen) atoms. The van der Waals surface area contributed by atoms with Crippen LogP contribution in [0.2, 0.25) is 10.0 Å². The van der Waals surface area contributed by atoms with Crippen LogP contribution in [-0.4, -0.2) is 30.3 Å². The maximum absolute atomic E-state index is 12.4. The molecule has 2 nitrogen and oxygen atoms in total. The Hall–Kier alpha value is -1.61. The molecule has 0 bridgehead atoms. The average Bonchev–Trinajstić information content (AvgIpc) is 2.90. The quantitative estimate of drug-likeness (QED) is 0.682. The van der Waals surface area contributed by atoms with Gasteiger partial charge in [-0.1, -0.05) is 47.5 Å². The van der Waals surface area contributed by atoms with Crippen molar-refractivity contribution in [2.24, 2.45) is 0 Å². The van der Waals surface area contributed by atoms with E-state index in [9.17, 15) is 4.79 Å². The number of hydrogen-bond acceptors (Lipinski definition) is 2. The minimum Gasteiger partial charge on any atom is -0.300 e. The van der Waals surface area contributed by atoms with Crippen molar-refractivity contribution in [1.29, 1.82) is 0 Å². The molecule has 2 aromatic rings. The summed E-state index contributed by atoms with van der Waals surface area (Å²) in [5.41, 5.74) is 3.21. The van der Waals surface area contributed by atoms with E-state index in [2.05, 4.69) is 17.1 Å². The van der Waals surface area contributed by atoms with Crippen molar-refractivity contribution >= 4 is 35.1 Å². The van der Waals surface area contributed by atoms with Crippen LogP contribution in [0.3, 0.4) is 0 Å². The van der Waals surface area contributed by atoms with E-state index in [1.165, 1.54) is 5.56 Å². The number of hydrogen-bond donors (Lipinski definition) is 0.